The first-order chi connectivity index (χ1) is 8.84. The van der Waals surface area contributed by atoms with E-state index in [1.165, 1.54) is 13.2 Å². The molecule has 0 atom stereocenters. The summed E-state index contributed by atoms with van der Waals surface area (Å²) < 4.78 is 41.7. The van der Waals surface area contributed by atoms with Gasteiger partial charge in [-0.05, 0) is 24.6 Å². The van der Waals surface area contributed by atoms with Gasteiger partial charge >= 0.3 is 12.1 Å². The van der Waals surface area contributed by atoms with Crippen molar-refractivity contribution in [1.82, 2.24) is 0 Å². The first-order valence-corrected chi connectivity index (χ1v) is 5.62. The molecule has 0 fully saturated rings. The first kappa shape index (κ1) is 15.1. The Kier molecular flexibility index (Phi) is 5.02. The van der Waals surface area contributed by atoms with Crippen LogP contribution >= 0.6 is 0 Å². The number of hydrogen-bond acceptors (Lipinski definition) is 4. The van der Waals surface area contributed by atoms with Crippen LogP contribution in [0.3, 0.4) is 0 Å². The molecule has 3 N–H and O–H groups in total. The molecule has 7 heteroatoms. The van der Waals surface area contributed by atoms with Crippen LogP contribution in [0.4, 0.5) is 24.5 Å². The Morgan fingerprint density at radius 2 is 2.11 bits per heavy atom. The zero-order valence-corrected chi connectivity index (χ0v) is 10.4. The molecule has 1 rings (SSSR count). The lowest BCUT2D eigenvalue weighted by Gasteiger charge is -2.12. The topological polar surface area (TPSA) is 64.3 Å². The van der Waals surface area contributed by atoms with Gasteiger partial charge in [-0.25, -0.2) is 0 Å². The smallest absolute Gasteiger partial charge is 0.416 e. The fourth-order valence-electron chi connectivity index (χ4n) is 1.46. The van der Waals surface area contributed by atoms with E-state index in [4.69, 9.17) is 5.73 Å². The number of anilines is 2. The average molecular weight is 276 g/mol. The molecule has 0 radical (unpaired) electrons. The highest BCUT2D eigenvalue weighted by Gasteiger charge is 2.30. The number of rotatable bonds is 5. The third kappa shape index (κ3) is 4.69. The van der Waals surface area contributed by atoms with Gasteiger partial charge in [-0.2, -0.15) is 13.2 Å². The van der Waals surface area contributed by atoms with Gasteiger partial charge in [0.25, 0.3) is 0 Å². The Bertz CT molecular complexity index is 447. The number of carbonyl (C=O) groups excluding carboxylic acids is 1. The predicted octanol–water partition coefficient (Wildman–Crippen LogP) is 2.65. The molecule has 0 saturated carbocycles. The van der Waals surface area contributed by atoms with Crippen LogP contribution in [0.15, 0.2) is 18.2 Å². The second kappa shape index (κ2) is 6.31. The van der Waals surface area contributed by atoms with E-state index in [0.717, 1.165) is 12.1 Å². The van der Waals surface area contributed by atoms with Gasteiger partial charge in [0.05, 0.1) is 24.0 Å². The molecule has 0 aromatic heterocycles. The third-order valence-corrected chi connectivity index (χ3v) is 2.48. The molecule has 1 aromatic rings. The second-order valence-corrected chi connectivity index (χ2v) is 3.91. The number of methoxy groups -OCH3 is 1. The molecule has 0 aliphatic carbocycles. The monoisotopic (exact) mass is 276 g/mol. The van der Waals surface area contributed by atoms with Crippen LogP contribution in [-0.4, -0.2) is 19.6 Å². The number of nitrogens with two attached hydrogens (primary N) is 1. The summed E-state index contributed by atoms with van der Waals surface area (Å²) in [6.45, 7) is 0.421. The minimum Gasteiger partial charge on any atom is -0.469 e. The lowest BCUT2D eigenvalue weighted by Crippen LogP contribution is -2.10. The van der Waals surface area contributed by atoms with Gasteiger partial charge < -0.3 is 15.8 Å². The fraction of sp³-hybridized carbons (Fsp3) is 0.417. The molecular formula is C12H15F3N2O2. The highest BCUT2D eigenvalue weighted by molar-refractivity contribution is 5.69. The van der Waals surface area contributed by atoms with Crippen LogP contribution in [0.5, 0.6) is 0 Å². The molecule has 0 saturated heterocycles. The summed E-state index contributed by atoms with van der Waals surface area (Å²) in [6, 6.07) is 3.11. The van der Waals surface area contributed by atoms with Gasteiger partial charge in [0.1, 0.15) is 0 Å². The lowest BCUT2D eigenvalue weighted by atomic mass is 10.1. The van der Waals surface area contributed by atoms with Crippen molar-refractivity contribution in [1.29, 1.82) is 0 Å². The molecule has 0 aliphatic heterocycles. The maximum atomic E-state index is 12.4. The van der Waals surface area contributed by atoms with E-state index in [2.05, 4.69) is 10.1 Å². The summed E-state index contributed by atoms with van der Waals surface area (Å²) in [4.78, 5) is 10.8. The van der Waals surface area contributed by atoms with E-state index < -0.39 is 11.7 Å². The molecule has 0 heterocycles. The number of esters is 1. The van der Waals surface area contributed by atoms with Crippen molar-refractivity contribution in [2.45, 2.75) is 19.0 Å². The van der Waals surface area contributed by atoms with E-state index in [1.54, 1.807) is 0 Å². The molecule has 0 aliphatic rings. The highest BCUT2D eigenvalue weighted by Crippen LogP contribution is 2.32. The van der Waals surface area contributed by atoms with Gasteiger partial charge in [0, 0.05) is 13.0 Å². The van der Waals surface area contributed by atoms with Gasteiger partial charge in [0.2, 0.25) is 0 Å². The maximum absolute atomic E-state index is 12.4. The van der Waals surface area contributed by atoms with Crippen molar-refractivity contribution in [3.63, 3.8) is 0 Å². The number of nitrogens with one attached hydrogen (secondary N) is 1. The van der Waals surface area contributed by atoms with Crippen LogP contribution in [0, 0.1) is 0 Å². The highest BCUT2D eigenvalue weighted by atomic mass is 19.4. The van der Waals surface area contributed by atoms with Gasteiger partial charge in [-0.15, -0.1) is 0 Å². The number of carbonyl (C=O) groups is 1. The van der Waals surface area contributed by atoms with Crippen molar-refractivity contribution in [2.24, 2.45) is 0 Å². The van der Waals surface area contributed by atoms with E-state index >= 15 is 0 Å². The quantitative estimate of drug-likeness (QED) is 0.493. The molecule has 0 spiro atoms. The predicted molar refractivity (Wildman–Crippen MR) is 65.6 cm³/mol. The summed E-state index contributed by atoms with van der Waals surface area (Å²) in [5.41, 5.74) is 5.18. The number of nitrogen functional groups attached to an aromatic ring is 1. The van der Waals surface area contributed by atoms with Crippen molar-refractivity contribution in [3.05, 3.63) is 23.8 Å². The molecule has 0 bridgehead atoms. The van der Waals surface area contributed by atoms with E-state index in [0.29, 0.717) is 18.7 Å². The minimum atomic E-state index is -4.41. The molecule has 19 heavy (non-hydrogen) atoms. The molecule has 4 nitrogen and oxygen atoms in total. The zero-order chi connectivity index (χ0) is 14.5. The fourth-order valence-corrected chi connectivity index (χ4v) is 1.46. The number of ether oxygens (including phenoxy) is 1. The third-order valence-electron chi connectivity index (χ3n) is 2.48. The second-order valence-electron chi connectivity index (χ2n) is 3.91. The Labute approximate surface area is 108 Å². The van der Waals surface area contributed by atoms with Crippen molar-refractivity contribution >= 4 is 17.3 Å². The van der Waals surface area contributed by atoms with Crippen LogP contribution in [0.2, 0.25) is 0 Å². The normalized spacial score (nSPS) is 11.2. The Morgan fingerprint density at radius 3 is 2.63 bits per heavy atom. The molecule has 0 unspecified atom stereocenters. The van der Waals surface area contributed by atoms with Crippen molar-refractivity contribution in [3.8, 4) is 0 Å². The van der Waals surface area contributed by atoms with Gasteiger partial charge in [0.15, 0.2) is 0 Å². The SMILES string of the molecule is COC(=O)CCCNc1ccc(C(F)(F)F)cc1N. The Balaban J connectivity index is 2.54. The molecule has 0 amide bonds. The van der Waals surface area contributed by atoms with E-state index in [9.17, 15) is 18.0 Å². The van der Waals surface area contributed by atoms with E-state index in [1.807, 2.05) is 0 Å². The standard InChI is InChI=1S/C12H15F3N2O2/c1-19-11(18)3-2-6-17-10-5-4-8(7-9(10)16)12(13,14)15/h4-5,7,17H,2-3,6,16H2,1H3. The molecule has 106 valence electrons. The van der Waals surface area contributed by atoms with Gasteiger partial charge in [-0.3, -0.25) is 4.79 Å². The van der Waals surface area contributed by atoms with Crippen LogP contribution in [-0.2, 0) is 15.7 Å². The number of alkyl halides is 3. The minimum absolute atomic E-state index is 0.0212. The number of halogens is 3. The van der Waals surface area contributed by atoms with Crippen LogP contribution in [0.1, 0.15) is 18.4 Å². The first-order valence-electron chi connectivity index (χ1n) is 5.62. The number of hydrogen-bond donors (Lipinski definition) is 2. The Morgan fingerprint density at radius 1 is 1.42 bits per heavy atom. The molecule has 1 aromatic carbocycles. The van der Waals surface area contributed by atoms with E-state index in [-0.39, 0.29) is 18.1 Å². The Hall–Kier alpha value is -1.92. The largest absolute Gasteiger partial charge is 0.469 e. The summed E-state index contributed by atoms with van der Waals surface area (Å²) in [5, 5.41) is 2.87. The number of benzene rings is 1. The summed E-state index contributed by atoms with van der Waals surface area (Å²) in [5.74, 6) is -0.331. The van der Waals surface area contributed by atoms with Crippen molar-refractivity contribution < 1.29 is 22.7 Å². The van der Waals surface area contributed by atoms with Gasteiger partial charge in [-0.1, -0.05) is 0 Å². The summed E-state index contributed by atoms with van der Waals surface area (Å²) in [7, 11) is 1.30. The van der Waals surface area contributed by atoms with Crippen molar-refractivity contribution in [2.75, 3.05) is 24.7 Å². The lowest BCUT2D eigenvalue weighted by molar-refractivity contribution is -0.140. The summed E-state index contributed by atoms with van der Waals surface area (Å²) >= 11 is 0. The average Bonchev–Trinajstić information content (AvgIpc) is 2.34. The zero-order valence-electron chi connectivity index (χ0n) is 10.4. The maximum Gasteiger partial charge on any atom is 0.416 e. The summed E-state index contributed by atoms with van der Waals surface area (Å²) in [6.07, 6.45) is -3.66. The molecular weight excluding hydrogens is 261 g/mol. The van der Waals surface area contributed by atoms with Crippen LogP contribution in [0.25, 0.3) is 0 Å². The van der Waals surface area contributed by atoms with Crippen LogP contribution < -0.4 is 11.1 Å².